The van der Waals surface area contributed by atoms with Gasteiger partial charge in [0.15, 0.2) is 0 Å². The van der Waals surface area contributed by atoms with Gasteiger partial charge in [0.1, 0.15) is 11.4 Å². The second-order valence-electron chi connectivity index (χ2n) is 9.17. The average Bonchev–Trinajstić information content (AvgIpc) is 3.61. The van der Waals surface area contributed by atoms with Gasteiger partial charge in [-0.1, -0.05) is 37.6 Å². The third kappa shape index (κ3) is 4.46. The standard InChI is InChI=1S/C27H28FN3O4/c1-2-5-20-16-35-13-12-30(20)26(32)22-9-4-8-21(24(22)28)18-6-3-7-19(14-18)31-25(17-10-11-17)23(15-29-31)27(33)34/h3-4,6-9,14-15,17,20H,2,5,10-13,16H2,1H3,(H,33,34). The summed E-state index contributed by atoms with van der Waals surface area (Å²) in [6.07, 6.45) is 4.93. The van der Waals surface area contributed by atoms with Crippen molar-refractivity contribution in [2.24, 2.45) is 0 Å². The monoisotopic (exact) mass is 477 g/mol. The predicted molar refractivity (Wildman–Crippen MR) is 128 cm³/mol. The fourth-order valence-electron chi connectivity index (χ4n) is 4.85. The molecule has 2 aromatic carbocycles. The number of hydrogen-bond acceptors (Lipinski definition) is 4. The number of carboxylic acid groups (broad SMARTS) is 1. The van der Waals surface area contributed by atoms with Crippen LogP contribution in [0.3, 0.4) is 0 Å². The molecule has 182 valence electrons. The largest absolute Gasteiger partial charge is 0.478 e. The van der Waals surface area contributed by atoms with Gasteiger partial charge in [0, 0.05) is 18.0 Å². The average molecular weight is 478 g/mol. The van der Waals surface area contributed by atoms with Crippen LogP contribution in [-0.4, -0.2) is 57.5 Å². The van der Waals surface area contributed by atoms with Gasteiger partial charge in [-0.15, -0.1) is 0 Å². The number of nitrogens with zero attached hydrogens (tertiary/aromatic N) is 3. The van der Waals surface area contributed by atoms with Crippen LogP contribution in [0.15, 0.2) is 48.7 Å². The van der Waals surface area contributed by atoms with Crippen LogP contribution in [0.4, 0.5) is 4.39 Å². The third-order valence-corrected chi connectivity index (χ3v) is 6.74. The molecule has 1 unspecified atom stereocenters. The molecule has 1 N–H and O–H groups in total. The number of aromatic nitrogens is 2. The van der Waals surface area contributed by atoms with E-state index in [0.29, 0.717) is 42.3 Å². The summed E-state index contributed by atoms with van der Waals surface area (Å²) in [6.45, 7) is 3.41. The van der Waals surface area contributed by atoms with Crippen molar-refractivity contribution in [2.75, 3.05) is 19.8 Å². The Morgan fingerprint density at radius 1 is 1.17 bits per heavy atom. The van der Waals surface area contributed by atoms with Crippen LogP contribution in [0.25, 0.3) is 16.8 Å². The molecule has 8 heteroatoms. The van der Waals surface area contributed by atoms with Gasteiger partial charge in [-0.3, -0.25) is 4.79 Å². The summed E-state index contributed by atoms with van der Waals surface area (Å²) in [7, 11) is 0. The van der Waals surface area contributed by atoms with Crippen molar-refractivity contribution in [3.63, 3.8) is 0 Å². The minimum Gasteiger partial charge on any atom is -0.478 e. The molecular weight excluding hydrogens is 449 g/mol. The minimum absolute atomic E-state index is 0.0434. The second-order valence-corrected chi connectivity index (χ2v) is 9.17. The molecule has 1 saturated carbocycles. The van der Waals surface area contributed by atoms with Gasteiger partial charge < -0.3 is 14.7 Å². The summed E-state index contributed by atoms with van der Waals surface area (Å²) < 4.78 is 22.9. The topological polar surface area (TPSA) is 84.7 Å². The highest BCUT2D eigenvalue weighted by Crippen LogP contribution is 2.42. The molecule has 1 saturated heterocycles. The van der Waals surface area contributed by atoms with Gasteiger partial charge in [0.2, 0.25) is 0 Å². The lowest BCUT2D eigenvalue weighted by Crippen LogP contribution is -2.48. The number of rotatable bonds is 7. The van der Waals surface area contributed by atoms with Gasteiger partial charge >= 0.3 is 5.97 Å². The SMILES string of the molecule is CCCC1COCCN1C(=O)c1cccc(-c2cccc(-n3ncc(C(=O)O)c3C3CC3)c2)c1F. The molecule has 0 spiro atoms. The molecular formula is C27H28FN3O4. The maximum atomic E-state index is 15.8. The van der Waals surface area contributed by atoms with E-state index in [-0.39, 0.29) is 29.0 Å². The number of halogens is 1. The Balaban J connectivity index is 1.50. The number of ether oxygens (including phenoxy) is 1. The van der Waals surface area contributed by atoms with Crippen LogP contribution in [0.1, 0.15) is 64.9 Å². The van der Waals surface area contributed by atoms with Crippen LogP contribution in [0.5, 0.6) is 0 Å². The van der Waals surface area contributed by atoms with E-state index in [2.05, 4.69) is 12.0 Å². The second kappa shape index (κ2) is 9.62. The molecule has 5 rings (SSSR count). The van der Waals surface area contributed by atoms with Gasteiger partial charge in [-0.2, -0.15) is 5.10 Å². The first-order valence-corrected chi connectivity index (χ1v) is 12.1. The number of carbonyl (C=O) groups is 2. The van der Waals surface area contributed by atoms with E-state index in [1.165, 1.54) is 12.3 Å². The number of carboxylic acids is 1. The van der Waals surface area contributed by atoms with Gasteiger partial charge in [-0.05, 0) is 43.0 Å². The summed E-state index contributed by atoms with van der Waals surface area (Å²) >= 11 is 0. The molecule has 1 aliphatic heterocycles. The van der Waals surface area contributed by atoms with Crippen LogP contribution in [0.2, 0.25) is 0 Å². The van der Waals surface area contributed by atoms with Crippen molar-refractivity contribution in [3.05, 3.63) is 71.3 Å². The summed E-state index contributed by atoms with van der Waals surface area (Å²) in [6, 6.07) is 12.0. The summed E-state index contributed by atoms with van der Waals surface area (Å²) in [4.78, 5) is 26.7. The van der Waals surface area contributed by atoms with Crippen LogP contribution >= 0.6 is 0 Å². The number of morpholine rings is 1. The zero-order valence-electron chi connectivity index (χ0n) is 19.6. The predicted octanol–water partition coefficient (Wildman–Crippen LogP) is 4.90. The number of benzene rings is 2. The number of carbonyl (C=O) groups excluding carboxylic acids is 1. The summed E-state index contributed by atoms with van der Waals surface area (Å²) in [5.41, 5.74) is 2.48. The Bertz CT molecular complexity index is 1270. The number of aromatic carboxylic acids is 1. The lowest BCUT2D eigenvalue weighted by molar-refractivity contribution is -0.00456. The maximum Gasteiger partial charge on any atom is 0.339 e. The van der Waals surface area contributed by atoms with Crippen LogP contribution in [-0.2, 0) is 4.74 Å². The normalized spacial score (nSPS) is 18.0. The Morgan fingerprint density at radius 2 is 1.97 bits per heavy atom. The number of amides is 1. The van der Waals surface area contributed by atoms with E-state index in [1.54, 1.807) is 39.9 Å². The lowest BCUT2D eigenvalue weighted by atomic mass is 10.00. The Labute approximate surface area is 203 Å². The molecule has 0 bridgehead atoms. The van der Waals surface area contributed by atoms with E-state index in [4.69, 9.17) is 4.74 Å². The first kappa shape index (κ1) is 23.2. The molecule has 1 atom stereocenters. The highest BCUT2D eigenvalue weighted by molar-refractivity contribution is 5.96. The van der Waals surface area contributed by atoms with E-state index < -0.39 is 11.8 Å². The summed E-state index contributed by atoms with van der Waals surface area (Å²) in [5, 5.41) is 13.9. The number of hydrogen-bond donors (Lipinski definition) is 1. The van der Waals surface area contributed by atoms with Crippen molar-refractivity contribution in [1.29, 1.82) is 0 Å². The van der Waals surface area contributed by atoms with Crippen molar-refractivity contribution in [1.82, 2.24) is 14.7 Å². The van der Waals surface area contributed by atoms with E-state index in [9.17, 15) is 14.7 Å². The highest BCUT2D eigenvalue weighted by atomic mass is 19.1. The molecule has 3 aromatic rings. The molecule has 7 nitrogen and oxygen atoms in total. The third-order valence-electron chi connectivity index (χ3n) is 6.74. The molecule has 2 fully saturated rings. The first-order chi connectivity index (χ1) is 17.0. The quantitative estimate of drug-likeness (QED) is 0.524. The van der Waals surface area contributed by atoms with E-state index in [1.807, 2.05) is 6.07 Å². The Kier molecular flexibility index (Phi) is 6.38. The van der Waals surface area contributed by atoms with Crippen molar-refractivity contribution < 1.29 is 23.8 Å². The minimum atomic E-state index is -1.00. The molecule has 0 radical (unpaired) electrons. The van der Waals surface area contributed by atoms with Crippen molar-refractivity contribution in [2.45, 2.75) is 44.6 Å². The Morgan fingerprint density at radius 3 is 2.71 bits per heavy atom. The van der Waals surface area contributed by atoms with Gasteiger partial charge in [-0.25, -0.2) is 13.9 Å². The first-order valence-electron chi connectivity index (χ1n) is 12.1. The fourth-order valence-corrected chi connectivity index (χ4v) is 4.85. The van der Waals surface area contributed by atoms with Gasteiger partial charge in [0.25, 0.3) is 5.91 Å². The van der Waals surface area contributed by atoms with Crippen LogP contribution < -0.4 is 0 Å². The van der Waals surface area contributed by atoms with E-state index >= 15 is 4.39 Å². The molecule has 1 amide bonds. The van der Waals surface area contributed by atoms with Crippen molar-refractivity contribution >= 4 is 11.9 Å². The highest BCUT2D eigenvalue weighted by Gasteiger charge is 2.33. The smallest absolute Gasteiger partial charge is 0.339 e. The zero-order valence-corrected chi connectivity index (χ0v) is 19.6. The molecule has 35 heavy (non-hydrogen) atoms. The van der Waals surface area contributed by atoms with Gasteiger partial charge in [0.05, 0.1) is 42.4 Å². The molecule has 1 aromatic heterocycles. The van der Waals surface area contributed by atoms with E-state index in [0.717, 1.165) is 25.7 Å². The Hall–Kier alpha value is -3.52. The lowest BCUT2D eigenvalue weighted by Gasteiger charge is -2.35. The summed E-state index contributed by atoms with van der Waals surface area (Å²) in [5.74, 6) is -1.73. The molecule has 2 heterocycles. The zero-order chi connectivity index (χ0) is 24.5. The molecule has 2 aliphatic rings. The van der Waals surface area contributed by atoms with Crippen molar-refractivity contribution in [3.8, 4) is 16.8 Å². The maximum absolute atomic E-state index is 15.8. The van der Waals surface area contributed by atoms with Crippen LogP contribution in [0, 0.1) is 5.82 Å². The molecule has 1 aliphatic carbocycles. The fraction of sp³-hybridized carbons (Fsp3) is 0.370.